The zero-order valence-electron chi connectivity index (χ0n) is 10.0. The van der Waals surface area contributed by atoms with Gasteiger partial charge < -0.3 is 15.0 Å². The van der Waals surface area contributed by atoms with E-state index in [4.69, 9.17) is 4.74 Å². The molecule has 2 heterocycles. The lowest BCUT2D eigenvalue weighted by Gasteiger charge is -2.23. The first-order chi connectivity index (χ1) is 8.79. The monoisotopic (exact) mass is 247 g/mol. The molecule has 0 radical (unpaired) electrons. The molecule has 1 aliphatic heterocycles. The molecule has 1 atom stereocenters. The fourth-order valence-corrected chi connectivity index (χ4v) is 2.34. The Morgan fingerprint density at radius 1 is 1.44 bits per heavy atom. The highest BCUT2D eigenvalue weighted by atomic mass is 19.1. The molecule has 0 unspecified atom stereocenters. The van der Waals surface area contributed by atoms with Crippen molar-refractivity contribution >= 4 is 0 Å². The lowest BCUT2D eigenvalue weighted by atomic mass is 9.97. The maximum atomic E-state index is 14.1. The Balaban J connectivity index is 2.02. The number of fused-ring (bicyclic) bond motifs is 1. The van der Waals surface area contributed by atoms with Gasteiger partial charge in [-0.15, -0.1) is 0 Å². The number of benzene rings is 1. The fraction of sp³-hybridized carbons (Fsp3) is 0.308. The number of methoxy groups -OCH3 is 1. The smallest absolute Gasteiger partial charge is 0.132 e. The zero-order valence-corrected chi connectivity index (χ0v) is 10.0. The van der Waals surface area contributed by atoms with E-state index in [2.05, 4.69) is 15.3 Å². The average molecular weight is 247 g/mol. The number of aromatic amines is 1. The van der Waals surface area contributed by atoms with Crippen molar-refractivity contribution in [2.24, 2.45) is 0 Å². The highest BCUT2D eigenvalue weighted by Crippen LogP contribution is 2.29. The van der Waals surface area contributed by atoms with E-state index in [0.717, 1.165) is 24.4 Å². The van der Waals surface area contributed by atoms with Crippen LogP contribution in [0.2, 0.25) is 0 Å². The predicted octanol–water partition coefficient (Wildman–Crippen LogP) is 1.79. The van der Waals surface area contributed by atoms with Crippen LogP contribution >= 0.6 is 0 Å². The maximum Gasteiger partial charge on any atom is 0.132 e. The van der Waals surface area contributed by atoms with E-state index in [1.807, 2.05) is 0 Å². The van der Waals surface area contributed by atoms with E-state index >= 15 is 0 Å². The molecule has 0 spiro atoms. The van der Waals surface area contributed by atoms with Gasteiger partial charge in [-0.05, 0) is 6.07 Å². The SMILES string of the molecule is COc1ccc([C@@H]2NCCc3[nH]cnc32)c(F)c1. The summed E-state index contributed by atoms with van der Waals surface area (Å²) in [6, 6.07) is 4.72. The molecule has 2 aromatic rings. The number of halogens is 1. The highest BCUT2D eigenvalue weighted by Gasteiger charge is 2.25. The van der Waals surface area contributed by atoms with Crippen molar-refractivity contribution in [1.29, 1.82) is 0 Å². The van der Waals surface area contributed by atoms with Crippen LogP contribution in [0, 0.1) is 5.82 Å². The standard InChI is InChI=1S/C13H14FN3O/c1-18-8-2-3-9(10(14)6-8)12-13-11(4-5-15-12)16-7-17-13/h2-3,6-7,12,15H,4-5H2,1H3,(H,16,17)/t12-/m0/s1. The van der Waals surface area contributed by atoms with E-state index < -0.39 is 0 Å². The summed E-state index contributed by atoms with van der Waals surface area (Å²) >= 11 is 0. The average Bonchev–Trinajstić information content (AvgIpc) is 2.87. The van der Waals surface area contributed by atoms with E-state index in [-0.39, 0.29) is 11.9 Å². The van der Waals surface area contributed by atoms with Crippen molar-refractivity contribution < 1.29 is 9.13 Å². The zero-order chi connectivity index (χ0) is 12.5. The van der Waals surface area contributed by atoms with Crippen LogP contribution in [-0.4, -0.2) is 23.6 Å². The Bertz CT molecular complexity index is 567. The molecular weight excluding hydrogens is 233 g/mol. The van der Waals surface area contributed by atoms with Crippen LogP contribution in [0.1, 0.15) is 23.0 Å². The summed E-state index contributed by atoms with van der Waals surface area (Å²) in [5.41, 5.74) is 2.56. The molecule has 18 heavy (non-hydrogen) atoms. The Morgan fingerprint density at radius 2 is 2.33 bits per heavy atom. The van der Waals surface area contributed by atoms with Crippen LogP contribution in [0.4, 0.5) is 4.39 Å². The van der Waals surface area contributed by atoms with E-state index in [9.17, 15) is 4.39 Å². The summed E-state index contributed by atoms with van der Waals surface area (Å²) in [6.07, 6.45) is 2.55. The molecule has 0 aliphatic carbocycles. The lowest BCUT2D eigenvalue weighted by molar-refractivity contribution is 0.409. The Kier molecular flexibility index (Phi) is 2.76. The van der Waals surface area contributed by atoms with Crippen LogP contribution < -0.4 is 10.1 Å². The minimum absolute atomic E-state index is 0.189. The summed E-state index contributed by atoms with van der Waals surface area (Å²) in [5.74, 6) is 0.247. The van der Waals surface area contributed by atoms with Gasteiger partial charge >= 0.3 is 0 Å². The van der Waals surface area contributed by atoms with Gasteiger partial charge in [-0.3, -0.25) is 0 Å². The second kappa shape index (κ2) is 4.42. The van der Waals surface area contributed by atoms with Gasteiger partial charge in [0.25, 0.3) is 0 Å². The molecular formula is C13H14FN3O. The maximum absolute atomic E-state index is 14.1. The fourth-order valence-electron chi connectivity index (χ4n) is 2.34. The van der Waals surface area contributed by atoms with Gasteiger partial charge in [0.15, 0.2) is 0 Å². The Labute approximate surface area is 104 Å². The van der Waals surface area contributed by atoms with Gasteiger partial charge in [-0.25, -0.2) is 9.37 Å². The summed E-state index contributed by atoms with van der Waals surface area (Å²) in [5, 5.41) is 3.29. The lowest BCUT2D eigenvalue weighted by Crippen LogP contribution is -2.31. The summed E-state index contributed by atoms with van der Waals surface area (Å²) in [7, 11) is 1.53. The molecule has 0 amide bonds. The van der Waals surface area contributed by atoms with Crippen LogP contribution in [-0.2, 0) is 6.42 Å². The van der Waals surface area contributed by atoms with Crippen molar-refractivity contribution in [1.82, 2.24) is 15.3 Å². The van der Waals surface area contributed by atoms with Crippen LogP contribution in [0.15, 0.2) is 24.5 Å². The number of hydrogen-bond donors (Lipinski definition) is 2. The van der Waals surface area contributed by atoms with E-state index in [1.54, 1.807) is 18.5 Å². The van der Waals surface area contributed by atoms with Gasteiger partial charge in [-0.1, -0.05) is 6.07 Å². The molecule has 5 heteroatoms. The molecule has 3 rings (SSSR count). The molecule has 0 bridgehead atoms. The number of hydrogen-bond acceptors (Lipinski definition) is 3. The summed E-state index contributed by atoms with van der Waals surface area (Å²) in [6.45, 7) is 0.811. The molecule has 0 saturated heterocycles. The Morgan fingerprint density at radius 3 is 3.11 bits per heavy atom. The molecule has 1 aliphatic rings. The molecule has 4 nitrogen and oxygen atoms in total. The molecule has 1 aromatic heterocycles. The molecule has 2 N–H and O–H groups in total. The normalized spacial score (nSPS) is 18.4. The van der Waals surface area contributed by atoms with Crippen molar-refractivity contribution in [3.63, 3.8) is 0 Å². The number of nitrogens with zero attached hydrogens (tertiary/aromatic N) is 1. The number of aromatic nitrogens is 2. The van der Waals surface area contributed by atoms with E-state index in [1.165, 1.54) is 13.2 Å². The molecule has 0 fully saturated rings. The third kappa shape index (κ3) is 1.76. The van der Waals surface area contributed by atoms with Crippen molar-refractivity contribution in [2.75, 3.05) is 13.7 Å². The number of ether oxygens (including phenoxy) is 1. The van der Waals surface area contributed by atoms with Gasteiger partial charge in [0, 0.05) is 30.3 Å². The number of nitrogens with one attached hydrogen (secondary N) is 2. The van der Waals surface area contributed by atoms with Gasteiger partial charge in [0.1, 0.15) is 11.6 Å². The second-order valence-electron chi connectivity index (χ2n) is 4.29. The number of H-pyrrole nitrogens is 1. The minimum Gasteiger partial charge on any atom is -0.497 e. The summed E-state index contributed by atoms with van der Waals surface area (Å²) < 4.78 is 19.1. The minimum atomic E-state index is -0.275. The van der Waals surface area contributed by atoms with Gasteiger partial charge in [-0.2, -0.15) is 0 Å². The second-order valence-corrected chi connectivity index (χ2v) is 4.29. The molecule has 0 saturated carbocycles. The first kappa shape index (κ1) is 11.2. The number of rotatable bonds is 2. The largest absolute Gasteiger partial charge is 0.497 e. The van der Waals surface area contributed by atoms with Crippen LogP contribution in [0.3, 0.4) is 0 Å². The van der Waals surface area contributed by atoms with Crippen molar-refractivity contribution in [2.45, 2.75) is 12.5 Å². The van der Waals surface area contributed by atoms with Crippen molar-refractivity contribution in [3.05, 3.63) is 47.3 Å². The third-order valence-electron chi connectivity index (χ3n) is 3.27. The van der Waals surface area contributed by atoms with E-state index in [0.29, 0.717) is 11.3 Å². The predicted molar refractivity (Wildman–Crippen MR) is 65.1 cm³/mol. The van der Waals surface area contributed by atoms with Gasteiger partial charge in [0.05, 0.1) is 25.2 Å². The Hall–Kier alpha value is -1.88. The summed E-state index contributed by atoms with van der Waals surface area (Å²) in [4.78, 5) is 7.38. The highest BCUT2D eigenvalue weighted by molar-refractivity contribution is 5.37. The third-order valence-corrected chi connectivity index (χ3v) is 3.27. The first-order valence-electron chi connectivity index (χ1n) is 5.88. The molecule has 94 valence electrons. The van der Waals surface area contributed by atoms with Gasteiger partial charge in [0.2, 0.25) is 0 Å². The van der Waals surface area contributed by atoms with Crippen LogP contribution in [0.5, 0.6) is 5.75 Å². The first-order valence-corrected chi connectivity index (χ1v) is 5.88. The topological polar surface area (TPSA) is 49.9 Å². The van der Waals surface area contributed by atoms with Crippen LogP contribution in [0.25, 0.3) is 0 Å². The quantitative estimate of drug-likeness (QED) is 0.850. The van der Waals surface area contributed by atoms with Crippen molar-refractivity contribution in [3.8, 4) is 5.75 Å². The number of imidazole rings is 1. The molecule has 1 aromatic carbocycles.